The molecule has 21 N–H and O–H groups in total. The van der Waals surface area contributed by atoms with Gasteiger partial charge in [0.1, 0.15) is 159 Å². The molecule has 12 fully saturated rings. The fraction of sp³-hybridized carbons (Fsp3) is 0.885. The summed E-state index contributed by atoms with van der Waals surface area (Å²) in [6, 6.07) is 0. The predicted octanol–water partition coefficient (Wildman–Crippen LogP) is -6.25. The van der Waals surface area contributed by atoms with Gasteiger partial charge in [-0.25, -0.2) is 4.79 Å². The highest BCUT2D eigenvalue weighted by Crippen LogP contribution is 2.76. The number of carbonyl (C=O) groups is 4. The standard InChI is InChI=1S/C87H136O44/c1-13-83(9,112)20-14-15-34(2)71(110)126-65-55(99)42(26-88)121-79(68(65)130-74-61(105)54(98)45(31-117-74)122-75-63(107)64(41(93)29-116-75)127-72-59(103)50(94)39(91)27-114-72)131-80(111)87-24-23-81(5,6)25-38(87)37-16-17-48-84(10)21-19-49(82(7,8)47(84)18-22-85(48,11)86(37,12)69(108)70(87)109)125-78-67(128-73-60(104)51(95)40(92)28-115-73)58(102)53(97)44(124-78)32-118-77-66(56(100)46(33-119-77)120-36(4)90)129-76-62(106)57(101)52(96)43(123-76)30-113-35(3)89/h13,15-16,38-70,72-79,88,91-109,112H,1,14,17-33H2,2-12H3/b34-15+. The Morgan fingerprint density at radius 3 is 1.65 bits per heavy atom. The SMILES string of the molecule is C=CC(C)(O)CC/C=C(\C)C(=O)OC1C(O)C(CO)OC(OC(=O)C23CCC(C)(C)CC2C2=CCC4C5(C)CCC(OC6OC(COC7OCC(OC(C)=O)C(O)C7OC7OC(COC(C)=O)C(O)C(O)C7O)C(O)C(O)C6OC6OCC(O)C(O)C6O)C(C)(C)C5CCC4(C)C2(C)C(O)C3O)C1OC1OCC(OC2OCC(O)C(OC3OCC(O)C(O)C3O)C2O)C(O)C1O. The molecule has 0 spiro atoms. The summed E-state index contributed by atoms with van der Waals surface area (Å²) >= 11 is 0. The zero-order valence-corrected chi connectivity index (χ0v) is 75.1. The fourth-order valence-electron chi connectivity index (χ4n) is 22.6. The lowest BCUT2D eigenvalue weighted by Gasteiger charge is -2.72. The van der Waals surface area contributed by atoms with Crippen molar-refractivity contribution in [1.29, 1.82) is 0 Å². The Balaban J connectivity index is 0.757. The molecule has 8 saturated heterocycles. The van der Waals surface area contributed by atoms with E-state index in [-0.39, 0.29) is 55.9 Å². The van der Waals surface area contributed by atoms with Gasteiger partial charge in [-0.2, -0.15) is 0 Å². The van der Waals surface area contributed by atoms with Crippen LogP contribution in [0.15, 0.2) is 36.0 Å². The van der Waals surface area contributed by atoms with Gasteiger partial charge in [-0.05, 0) is 117 Å². The van der Waals surface area contributed by atoms with E-state index >= 15 is 4.79 Å². The smallest absolute Gasteiger partial charge is 0.333 e. The second-order valence-corrected chi connectivity index (χ2v) is 40.0. The molecule has 4 saturated carbocycles. The number of hydrogen-bond donors (Lipinski definition) is 21. The van der Waals surface area contributed by atoms with Crippen LogP contribution in [0.4, 0.5) is 0 Å². The molecule has 8 aliphatic heterocycles. The molecule has 0 aromatic heterocycles. The number of hydrogen-bond acceptors (Lipinski definition) is 44. The summed E-state index contributed by atoms with van der Waals surface area (Å²) in [7, 11) is 0. The molecule has 44 heteroatoms. The van der Waals surface area contributed by atoms with E-state index in [4.69, 9.17) is 90.0 Å². The van der Waals surface area contributed by atoms with Crippen molar-refractivity contribution in [2.45, 2.75) is 379 Å². The molecule has 46 atom stereocenters. The number of rotatable bonds is 27. The Bertz CT molecular complexity index is 3970. The van der Waals surface area contributed by atoms with Crippen molar-refractivity contribution in [3.8, 4) is 0 Å². The van der Waals surface area contributed by atoms with E-state index in [9.17, 15) is 122 Å². The third-order valence-corrected chi connectivity index (χ3v) is 30.7. The summed E-state index contributed by atoms with van der Waals surface area (Å²) in [4.78, 5) is 54.7. The number of fused-ring (bicyclic) bond motifs is 7. The molecule has 8 heterocycles. The Hall–Kier alpha value is -4.34. The summed E-state index contributed by atoms with van der Waals surface area (Å²) in [6.45, 7) is 17.6. The van der Waals surface area contributed by atoms with Crippen LogP contribution in [-0.2, 0) is 109 Å². The molecule has 46 unspecified atom stereocenters. The monoisotopic (exact) mass is 1880 g/mol. The summed E-state index contributed by atoms with van der Waals surface area (Å²) in [5.41, 5.74) is -7.11. The molecule has 5 aliphatic carbocycles. The van der Waals surface area contributed by atoms with Crippen LogP contribution in [0, 0.1) is 50.2 Å². The van der Waals surface area contributed by atoms with Crippen molar-refractivity contribution in [1.82, 2.24) is 0 Å². The molecule has 0 bridgehead atoms. The Labute approximate surface area is 755 Å². The van der Waals surface area contributed by atoms with Gasteiger partial charge in [0, 0.05) is 24.8 Å². The van der Waals surface area contributed by atoms with Crippen LogP contribution >= 0.6 is 0 Å². The van der Waals surface area contributed by atoms with Crippen LogP contribution in [0.25, 0.3) is 0 Å². The van der Waals surface area contributed by atoms with Gasteiger partial charge in [-0.15, -0.1) is 6.58 Å². The summed E-state index contributed by atoms with van der Waals surface area (Å²) < 4.78 is 113. The van der Waals surface area contributed by atoms with E-state index in [1.807, 2.05) is 40.7 Å². The van der Waals surface area contributed by atoms with Crippen molar-refractivity contribution < 1.29 is 216 Å². The molecule has 13 rings (SSSR count). The maximum Gasteiger partial charge on any atom is 0.333 e. The quantitative estimate of drug-likeness (QED) is 0.0120. The first-order valence-corrected chi connectivity index (χ1v) is 45.0. The van der Waals surface area contributed by atoms with Crippen LogP contribution < -0.4 is 0 Å². The van der Waals surface area contributed by atoms with E-state index in [0.717, 1.165) is 13.8 Å². The van der Waals surface area contributed by atoms with E-state index in [2.05, 4.69) is 20.4 Å². The third kappa shape index (κ3) is 20.2. The molecule has 0 radical (unpaired) electrons. The lowest BCUT2D eigenvalue weighted by Crippen LogP contribution is -2.73. The average Bonchev–Trinajstić information content (AvgIpc) is 0.662. The van der Waals surface area contributed by atoms with Gasteiger partial charge in [0.25, 0.3) is 0 Å². The molecule has 748 valence electrons. The number of allylic oxidation sites excluding steroid dienone is 2. The molecule has 0 aromatic rings. The molecule has 0 aromatic carbocycles. The Kier molecular flexibility index (Phi) is 32.4. The van der Waals surface area contributed by atoms with Crippen LogP contribution in [0.2, 0.25) is 0 Å². The van der Waals surface area contributed by atoms with E-state index in [1.54, 1.807) is 0 Å². The summed E-state index contributed by atoms with van der Waals surface area (Å²) in [6.07, 6.45) is -60.9. The number of carbonyl (C=O) groups excluding carboxylic acids is 4. The highest BCUT2D eigenvalue weighted by Gasteiger charge is 2.76. The van der Waals surface area contributed by atoms with Gasteiger partial charge in [0.05, 0.1) is 70.2 Å². The van der Waals surface area contributed by atoms with Crippen molar-refractivity contribution in [3.63, 3.8) is 0 Å². The van der Waals surface area contributed by atoms with E-state index in [1.165, 1.54) is 26.0 Å². The normalized spacial score (nSPS) is 49.3. The zero-order chi connectivity index (χ0) is 95.9. The molecule has 13 aliphatic rings. The van der Waals surface area contributed by atoms with Gasteiger partial charge in [-0.1, -0.05) is 72.3 Å². The summed E-state index contributed by atoms with van der Waals surface area (Å²) in [5, 5.41) is 240. The fourth-order valence-corrected chi connectivity index (χ4v) is 22.6. The Morgan fingerprint density at radius 1 is 0.481 bits per heavy atom. The predicted molar refractivity (Wildman–Crippen MR) is 433 cm³/mol. The lowest BCUT2D eigenvalue weighted by molar-refractivity contribution is -0.379. The third-order valence-electron chi connectivity index (χ3n) is 30.7. The number of esters is 4. The first-order chi connectivity index (χ1) is 61.4. The van der Waals surface area contributed by atoms with Crippen LogP contribution in [-0.4, -0.2) is 423 Å². The highest BCUT2D eigenvalue weighted by molar-refractivity contribution is 5.88. The maximum atomic E-state index is 16.3. The highest BCUT2D eigenvalue weighted by atomic mass is 16.8. The maximum absolute atomic E-state index is 16.3. The minimum atomic E-state index is -2.19. The van der Waals surface area contributed by atoms with Crippen molar-refractivity contribution in [2.24, 2.45) is 50.2 Å². The van der Waals surface area contributed by atoms with Crippen LogP contribution in [0.1, 0.15) is 140 Å². The topological polar surface area (TPSA) is 668 Å². The van der Waals surface area contributed by atoms with Gasteiger partial charge in [0.2, 0.25) is 6.29 Å². The van der Waals surface area contributed by atoms with E-state index < -0.39 is 354 Å². The Morgan fingerprint density at radius 2 is 1.02 bits per heavy atom. The first-order valence-electron chi connectivity index (χ1n) is 45.0. The molecule has 0 amide bonds. The summed E-state index contributed by atoms with van der Waals surface area (Å²) in [5.74, 6) is -5.35. The molecule has 44 nitrogen and oxygen atoms in total. The average molecular weight is 1890 g/mol. The van der Waals surface area contributed by atoms with Crippen LogP contribution in [0.5, 0.6) is 0 Å². The molecular weight excluding hydrogens is 1750 g/mol. The largest absolute Gasteiger partial charge is 0.463 e. The van der Waals surface area contributed by atoms with Gasteiger partial charge >= 0.3 is 23.9 Å². The first kappa shape index (κ1) is 104. The number of aliphatic hydroxyl groups excluding tert-OH is 20. The van der Waals surface area contributed by atoms with Crippen molar-refractivity contribution >= 4 is 23.9 Å². The van der Waals surface area contributed by atoms with Crippen molar-refractivity contribution in [3.05, 3.63) is 36.0 Å². The van der Waals surface area contributed by atoms with Gasteiger partial charge in [0.15, 0.2) is 62.3 Å². The second-order valence-electron chi connectivity index (χ2n) is 40.0. The molecule has 131 heavy (non-hydrogen) atoms. The number of ether oxygens (including phenoxy) is 19. The van der Waals surface area contributed by atoms with Crippen molar-refractivity contribution in [2.75, 3.05) is 52.9 Å². The zero-order valence-electron chi connectivity index (χ0n) is 75.1. The molecular formula is C87H136O44. The minimum absolute atomic E-state index is 0.0594. The van der Waals surface area contributed by atoms with Gasteiger partial charge < -0.3 is 197 Å². The lowest BCUT2D eigenvalue weighted by atomic mass is 9.32. The second kappa shape index (κ2) is 40.8. The van der Waals surface area contributed by atoms with Crippen LogP contribution in [0.3, 0.4) is 0 Å². The van der Waals surface area contributed by atoms with Gasteiger partial charge in [-0.3, -0.25) is 14.4 Å². The minimum Gasteiger partial charge on any atom is -0.463 e. The number of aliphatic hydroxyl groups is 21. The van der Waals surface area contributed by atoms with E-state index in [0.29, 0.717) is 31.3 Å².